The summed E-state index contributed by atoms with van der Waals surface area (Å²) in [6, 6.07) is 5.94. The molecular formula is C17H26N4O. The Morgan fingerprint density at radius 2 is 2.18 bits per heavy atom. The van der Waals surface area contributed by atoms with E-state index in [1.165, 1.54) is 19.3 Å². The molecule has 5 heteroatoms. The van der Waals surface area contributed by atoms with Crippen molar-refractivity contribution in [2.75, 3.05) is 17.6 Å². The summed E-state index contributed by atoms with van der Waals surface area (Å²) in [7, 11) is 0. The summed E-state index contributed by atoms with van der Waals surface area (Å²) in [5, 5.41) is 7.56. The second-order valence-corrected chi connectivity index (χ2v) is 5.93. The minimum atomic E-state index is -0.0328. The van der Waals surface area contributed by atoms with Crippen molar-refractivity contribution in [1.29, 1.82) is 0 Å². The van der Waals surface area contributed by atoms with Gasteiger partial charge in [-0.1, -0.05) is 39.2 Å². The van der Waals surface area contributed by atoms with E-state index in [0.717, 1.165) is 35.6 Å². The van der Waals surface area contributed by atoms with Crippen LogP contribution in [0.15, 0.2) is 23.3 Å². The largest absolute Gasteiger partial charge is 0.397 e. The van der Waals surface area contributed by atoms with Crippen LogP contribution < -0.4 is 16.5 Å². The molecular weight excluding hydrogens is 276 g/mol. The van der Waals surface area contributed by atoms with Gasteiger partial charge in [0.25, 0.3) is 0 Å². The number of hydrogen-bond acceptors (Lipinski definition) is 4. The summed E-state index contributed by atoms with van der Waals surface area (Å²) in [6.07, 6.45) is 5.39. The maximum atomic E-state index is 11.3. The van der Waals surface area contributed by atoms with E-state index in [1.54, 1.807) is 0 Å². The Kier molecular flexibility index (Phi) is 5.81. The summed E-state index contributed by atoms with van der Waals surface area (Å²) >= 11 is 0. The van der Waals surface area contributed by atoms with Crippen LogP contribution >= 0.6 is 0 Å². The fraction of sp³-hybridized carbons (Fsp3) is 0.529. The highest BCUT2D eigenvalue weighted by Gasteiger charge is 2.21. The van der Waals surface area contributed by atoms with Gasteiger partial charge in [0, 0.05) is 24.4 Å². The third kappa shape index (κ3) is 4.23. The summed E-state index contributed by atoms with van der Waals surface area (Å²) in [5.74, 6) is 0.0793. The first-order valence-electron chi connectivity index (χ1n) is 8.12. The Labute approximate surface area is 132 Å². The molecule has 0 bridgehead atoms. The summed E-state index contributed by atoms with van der Waals surface area (Å²) < 4.78 is 0. The van der Waals surface area contributed by atoms with Crippen molar-refractivity contribution in [2.45, 2.75) is 46.0 Å². The first kappa shape index (κ1) is 16.3. The molecule has 4 N–H and O–H groups in total. The van der Waals surface area contributed by atoms with Crippen molar-refractivity contribution < 1.29 is 4.79 Å². The van der Waals surface area contributed by atoms with E-state index in [9.17, 15) is 4.79 Å². The number of rotatable bonds is 7. The molecule has 0 aromatic heterocycles. The number of nitrogens with two attached hydrogens (primary N) is 1. The first-order valence-corrected chi connectivity index (χ1v) is 8.12. The number of carbonyl (C=O) groups is 1. The zero-order chi connectivity index (χ0) is 15.9. The Morgan fingerprint density at radius 3 is 2.86 bits per heavy atom. The molecule has 0 spiro atoms. The van der Waals surface area contributed by atoms with E-state index in [0.29, 0.717) is 6.42 Å². The molecule has 5 nitrogen and oxygen atoms in total. The van der Waals surface area contributed by atoms with E-state index in [1.807, 2.05) is 25.1 Å². The Bertz CT molecular complexity index is 554. The number of nitrogens with zero attached hydrogens (tertiary/aromatic N) is 1. The van der Waals surface area contributed by atoms with Crippen LogP contribution in [-0.2, 0) is 4.79 Å². The van der Waals surface area contributed by atoms with Crippen LogP contribution in [0.4, 0.5) is 11.4 Å². The average Bonchev–Trinajstić information content (AvgIpc) is 2.48. The molecule has 1 amide bonds. The van der Waals surface area contributed by atoms with E-state index < -0.39 is 0 Å². The molecule has 22 heavy (non-hydrogen) atoms. The number of carbonyl (C=O) groups excluding carboxylic acids is 1. The molecule has 0 saturated carbocycles. The van der Waals surface area contributed by atoms with Crippen molar-refractivity contribution in [3.63, 3.8) is 0 Å². The van der Waals surface area contributed by atoms with Gasteiger partial charge in [-0.2, -0.15) is 5.10 Å². The van der Waals surface area contributed by atoms with Crippen LogP contribution in [0.1, 0.15) is 51.5 Å². The summed E-state index contributed by atoms with van der Waals surface area (Å²) in [5.41, 5.74) is 12.2. The highest BCUT2D eigenvalue weighted by atomic mass is 16.2. The normalized spacial score (nSPS) is 17.8. The van der Waals surface area contributed by atoms with Crippen LogP contribution in [0, 0.1) is 5.92 Å². The van der Waals surface area contributed by atoms with Crippen molar-refractivity contribution in [1.82, 2.24) is 5.43 Å². The maximum Gasteiger partial charge on any atom is 0.240 e. The van der Waals surface area contributed by atoms with Gasteiger partial charge in [0.15, 0.2) is 0 Å². The Balaban J connectivity index is 1.99. The van der Waals surface area contributed by atoms with Gasteiger partial charge in [-0.3, -0.25) is 4.79 Å². The van der Waals surface area contributed by atoms with Crippen LogP contribution in [0.5, 0.6) is 0 Å². The molecule has 1 aromatic carbocycles. The molecule has 1 aliphatic rings. The molecule has 1 unspecified atom stereocenters. The summed E-state index contributed by atoms with van der Waals surface area (Å²) in [6.45, 7) is 5.16. The minimum absolute atomic E-state index is 0.0328. The van der Waals surface area contributed by atoms with Crippen molar-refractivity contribution in [2.24, 2.45) is 11.0 Å². The van der Waals surface area contributed by atoms with Gasteiger partial charge in [-0.05, 0) is 18.6 Å². The van der Waals surface area contributed by atoms with Gasteiger partial charge >= 0.3 is 0 Å². The highest BCUT2D eigenvalue weighted by Crippen LogP contribution is 2.24. The zero-order valence-corrected chi connectivity index (χ0v) is 13.5. The second kappa shape index (κ2) is 7.82. The highest BCUT2D eigenvalue weighted by molar-refractivity contribution is 6.06. The lowest BCUT2D eigenvalue weighted by molar-refractivity contribution is -0.121. The number of benzene rings is 1. The van der Waals surface area contributed by atoms with Gasteiger partial charge in [-0.15, -0.1) is 0 Å². The van der Waals surface area contributed by atoms with Gasteiger partial charge in [-0.25, -0.2) is 5.43 Å². The smallest absolute Gasteiger partial charge is 0.240 e. The molecule has 1 aromatic rings. The third-order valence-corrected chi connectivity index (χ3v) is 3.95. The zero-order valence-electron chi connectivity index (χ0n) is 13.5. The van der Waals surface area contributed by atoms with Crippen molar-refractivity contribution in [3.05, 3.63) is 23.8 Å². The lowest BCUT2D eigenvalue weighted by Gasteiger charge is -2.20. The number of nitrogen functional groups attached to an aromatic ring is 1. The number of nitrogens with one attached hydrogen (secondary N) is 2. The van der Waals surface area contributed by atoms with Gasteiger partial charge in [0.1, 0.15) is 0 Å². The molecule has 0 radical (unpaired) electrons. The predicted octanol–water partition coefficient (Wildman–Crippen LogP) is 3.12. The number of anilines is 2. The van der Waals surface area contributed by atoms with Gasteiger partial charge in [0.2, 0.25) is 5.91 Å². The molecule has 0 aliphatic carbocycles. The third-order valence-electron chi connectivity index (χ3n) is 3.95. The Hall–Kier alpha value is -2.04. The van der Waals surface area contributed by atoms with Gasteiger partial charge in [0.05, 0.1) is 17.1 Å². The fourth-order valence-electron chi connectivity index (χ4n) is 2.66. The summed E-state index contributed by atoms with van der Waals surface area (Å²) in [4.78, 5) is 11.3. The first-order chi connectivity index (χ1) is 10.6. The number of hydrazone groups is 1. The fourth-order valence-corrected chi connectivity index (χ4v) is 2.66. The molecule has 0 fully saturated rings. The van der Waals surface area contributed by atoms with Crippen molar-refractivity contribution >= 4 is 23.0 Å². The molecule has 1 atom stereocenters. The van der Waals surface area contributed by atoms with Crippen LogP contribution in [0.3, 0.4) is 0 Å². The van der Waals surface area contributed by atoms with Gasteiger partial charge < -0.3 is 11.1 Å². The van der Waals surface area contributed by atoms with Crippen molar-refractivity contribution in [3.8, 4) is 0 Å². The van der Waals surface area contributed by atoms with E-state index in [4.69, 9.17) is 5.73 Å². The van der Waals surface area contributed by atoms with E-state index in [-0.39, 0.29) is 11.8 Å². The lowest BCUT2D eigenvalue weighted by Crippen LogP contribution is -2.32. The van der Waals surface area contributed by atoms with Crippen LogP contribution in [-0.4, -0.2) is 18.2 Å². The number of amides is 1. The standard InChI is InChI=1S/C17H26N4O/c1-3-4-5-6-9-19-15-8-7-13(11-14(15)18)17-12(2)10-16(22)20-21-17/h7-8,11-12,19H,3-6,9-10,18H2,1-2H3,(H,20,22). The molecule has 120 valence electrons. The quantitative estimate of drug-likeness (QED) is 0.535. The molecule has 1 aliphatic heterocycles. The predicted molar refractivity (Wildman–Crippen MR) is 91.9 cm³/mol. The average molecular weight is 302 g/mol. The topological polar surface area (TPSA) is 79.5 Å². The SMILES string of the molecule is CCCCCCNc1ccc(C2=NNC(=O)CC2C)cc1N. The number of unbranched alkanes of at least 4 members (excludes halogenated alkanes) is 3. The maximum absolute atomic E-state index is 11.3. The molecule has 0 saturated heterocycles. The Morgan fingerprint density at radius 1 is 1.36 bits per heavy atom. The van der Waals surface area contributed by atoms with Crippen LogP contribution in [0.2, 0.25) is 0 Å². The minimum Gasteiger partial charge on any atom is -0.397 e. The van der Waals surface area contributed by atoms with E-state index in [2.05, 4.69) is 22.8 Å². The van der Waals surface area contributed by atoms with Crippen LogP contribution in [0.25, 0.3) is 0 Å². The molecule has 2 rings (SSSR count). The van der Waals surface area contributed by atoms with E-state index >= 15 is 0 Å². The monoisotopic (exact) mass is 302 g/mol. The second-order valence-electron chi connectivity index (χ2n) is 5.93. The molecule has 1 heterocycles. The number of hydrogen-bond donors (Lipinski definition) is 3. The lowest BCUT2D eigenvalue weighted by atomic mass is 9.93.